The largest absolute Gasteiger partial charge is 0.497 e. The average Bonchev–Trinajstić information content (AvgIpc) is 3.11. The maximum atomic E-state index is 12.9. The molecule has 3 rings (SSSR count). The molecule has 134 valence electrons. The van der Waals surface area contributed by atoms with Gasteiger partial charge in [0, 0.05) is 26.6 Å². The van der Waals surface area contributed by atoms with E-state index in [1.54, 1.807) is 16.9 Å². The van der Waals surface area contributed by atoms with Crippen molar-refractivity contribution in [3.8, 4) is 5.75 Å². The Kier molecular flexibility index (Phi) is 4.81. The van der Waals surface area contributed by atoms with Crippen LogP contribution in [0.15, 0.2) is 30.3 Å². The van der Waals surface area contributed by atoms with Crippen LogP contribution in [0, 0.1) is 0 Å². The zero-order chi connectivity index (χ0) is 18.0. The molecule has 1 N–H and O–H groups in total. The number of carbonyl (C=O) groups excluding carboxylic acids is 2. The fourth-order valence-corrected chi connectivity index (χ4v) is 3.52. The molecule has 2 heterocycles. The molecule has 25 heavy (non-hydrogen) atoms. The summed E-state index contributed by atoms with van der Waals surface area (Å²) in [6.07, 6.45) is 3.02. The Bertz CT molecular complexity index is 715. The van der Waals surface area contributed by atoms with Crippen LogP contribution in [0.4, 0.5) is 0 Å². The SMILES string of the molecule is COc1cccc(C2=CCN(C(=O)C3(O)CCCN(C(C)=O)C3)C2)c1. The second-order valence-corrected chi connectivity index (χ2v) is 6.72. The van der Waals surface area contributed by atoms with Gasteiger partial charge in [0.1, 0.15) is 5.75 Å². The third-order valence-electron chi connectivity index (χ3n) is 4.96. The molecule has 0 saturated carbocycles. The van der Waals surface area contributed by atoms with E-state index in [0.29, 0.717) is 32.5 Å². The van der Waals surface area contributed by atoms with Crippen LogP contribution in [-0.2, 0) is 9.59 Å². The monoisotopic (exact) mass is 344 g/mol. The van der Waals surface area contributed by atoms with Crippen molar-refractivity contribution in [2.24, 2.45) is 0 Å². The highest BCUT2D eigenvalue weighted by atomic mass is 16.5. The van der Waals surface area contributed by atoms with E-state index in [2.05, 4.69) is 0 Å². The number of amides is 2. The Labute approximate surface area is 147 Å². The standard InChI is InChI=1S/C19H24N2O4/c1-14(22)21-9-4-8-19(24,13-21)18(23)20-10-7-16(12-20)15-5-3-6-17(11-15)25-2/h3,5-7,11,24H,4,8-10,12-13H2,1-2H3. The number of methoxy groups -OCH3 is 1. The normalized spacial score (nSPS) is 23.4. The molecule has 1 fully saturated rings. The number of hydrogen-bond donors (Lipinski definition) is 1. The van der Waals surface area contributed by atoms with Crippen LogP contribution in [0.2, 0.25) is 0 Å². The van der Waals surface area contributed by atoms with Gasteiger partial charge in [-0.05, 0) is 36.1 Å². The number of β-amino-alcohol motifs (C(OH)–C–C–N with tert-alkyl or cyclic N) is 1. The van der Waals surface area contributed by atoms with Crippen molar-refractivity contribution in [1.82, 2.24) is 9.80 Å². The molecule has 0 spiro atoms. The van der Waals surface area contributed by atoms with Gasteiger partial charge in [-0.1, -0.05) is 18.2 Å². The third kappa shape index (κ3) is 3.54. The van der Waals surface area contributed by atoms with Gasteiger partial charge < -0.3 is 19.6 Å². The lowest BCUT2D eigenvalue weighted by Crippen LogP contribution is -2.58. The molecule has 0 aliphatic carbocycles. The fourth-order valence-electron chi connectivity index (χ4n) is 3.52. The van der Waals surface area contributed by atoms with Gasteiger partial charge in [0.2, 0.25) is 5.91 Å². The summed E-state index contributed by atoms with van der Waals surface area (Å²) in [6, 6.07) is 7.71. The average molecular weight is 344 g/mol. The number of benzene rings is 1. The lowest BCUT2D eigenvalue weighted by Gasteiger charge is -2.39. The van der Waals surface area contributed by atoms with E-state index in [4.69, 9.17) is 4.74 Å². The molecule has 2 aliphatic rings. The van der Waals surface area contributed by atoms with Gasteiger partial charge in [-0.25, -0.2) is 0 Å². The lowest BCUT2D eigenvalue weighted by atomic mass is 9.91. The van der Waals surface area contributed by atoms with Crippen LogP contribution in [-0.4, -0.2) is 65.6 Å². The Balaban J connectivity index is 1.69. The van der Waals surface area contributed by atoms with Gasteiger partial charge in [-0.3, -0.25) is 9.59 Å². The molecule has 1 atom stereocenters. The van der Waals surface area contributed by atoms with Crippen LogP contribution in [0.5, 0.6) is 5.75 Å². The van der Waals surface area contributed by atoms with Crippen molar-refractivity contribution >= 4 is 17.4 Å². The van der Waals surface area contributed by atoms with Gasteiger partial charge >= 0.3 is 0 Å². The first-order chi connectivity index (χ1) is 11.9. The zero-order valence-electron chi connectivity index (χ0n) is 14.7. The van der Waals surface area contributed by atoms with Crippen molar-refractivity contribution in [1.29, 1.82) is 0 Å². The van der Waals surface area contributed by atoms with Crippen LogP contribution < -0.4 is 4.74 Å². The third-order valence-corrected chi connectivity index (χ3v) is 4.96. The van der Waals surface area contributed by atoms with Crippen molar-refractivity contribution in [3.63, 3.8) is 0 Å². The predicted molar refractivity (Wildman–Crippen MR) is 94.0 cm³/mol. The zero-order valence-corrected chi connectivity index (χ0v) is 14.7. The topological polar surface area (TPSA) is 70.1 Å². The fraction of sp³-hybridized carbons (Fsp3) is 0.474. The van der Waals surface area contributed by atoms with Crippen molar-refractivity contribution in [3.05, 3.63) is 35.9 Å². The first-order valence-electron chi connectivity index (χ1n) is 8.54. The molecule has 2 amide bonds. The van der Waals surface area contributed by atoms with Crippen LogP contribution in [0.1, 0.15) is 25.3 Å². The summed E-state index contributed by atoms with van der Waals surface area (Å²) in [5.74, 6) is 0.362. The summed E-state index contributed by atoms with van der Waals surface area (Å²) < 4.78 is 5.25. The molecule has 2 aliphatic heterocycles. The highest BCUT2D eigenvalue weighted by Crippen LogP contribution is 2.29. The molecule has 1 aromatic rings. The minimum Gasteiger partial charge on any atom is -0.497 e. The summed E-state index contributed by atoms with van der Waals surface area (Å²) in [7, 11) is 1.62. The minimum atomic E-state index is -1.48. The second-order valence-electron chi connectivity index (χ2n) is 6.72. The van der Waals surface area contributed by atoms with Gasteiger partial charge in [-0.2, -0.15) is 0 Å². The van der Waals surface area contributed by atoms with Gasteiger partial charge in [-0.15, -0.1) is 0 Å². The molecule has 0 bridgehead atoms. The summed E-state index contributed by atoms with van der Waals surface area (Å²) in [5, 5.41) is 10.8. The number of hydrogen-bond acceptors (Lipinski definition) is 4. The Morgan fingerprint density at radius 3 is 2.80 bits per heavy atom. The van der Waals surface area contributed by atoms with E-state index in [1.807, 2.05) is 30.3 Å². The minimum absolute atomic E-state index is 0.0756. The van der Waals surface area contributed by atoms with Crippen LogP contribution in [0.25, 0.3) is 5.57 Å². The second kappa shape index (κ2) is 6.88. The van der Waals surface area contributed by atoms with E-state index in [0.717, 1.165) is 16.9 Å². The quantitative estimate of drug-likeness (QED) is 0.897. The first-order valence-corrected chi connectivity index (χ1v) is 8.54. The van der Waals surface area contributed by atoms with E-state index < -0.39 is 5.60 Å². The Hall–Kier alpha value is -2.34. The van der Waals surface area contributed by atoms with Crippen LogP contribution >= 0.6 is 0 Å². The van der Waals surface area contributed by atoms with E-state index in [1.165, 1.54) is 6.92 Å². The molecule has 1 aromatic carbocycles. The number of piperidine rings is 1. The van der Waals surface area contributed by atoms with Crippen molar-refractivity contribution in [2.75, 3.05) is 33.3 Å². The highest BCUT2D eigenvalue weighted by Gasteiger charge is 2.44. The Morgan fingerprint density at radius 1 is 1.28 bits per heavy atom. The smallest absolute Gasteiger partial charge is 0.256 e. The maximum Gasteiger partial charge on any atom is 0.256 e. The van der Waals surface area contributed by atoms with E-state index in [9.17, 15) is 14.7 Å². The summed E-state index contributed by atoms with van der Waals surface area (Å²) in [5.41, 5.74) is 0.562. The molecule has 0 radical (unpaired) electrons. The lowest BCUT2D eigenvalue weighted by molar-refractivity contribution is -0.158. The van der Waals surface area contributed by atoms with Gasteiger partial charge in [0.05, 0.1) is 13.7 Å². The predicted octanol–water partition coefficient (Wildman–Crippen LogP) is 1.29. The molecule has 6 heteroatoms. The van der Waals surface area contributed by atoms with Crippen molar-refractivity contribution in [2.45, 2.75) is 25.4 Å². The summed E-state index contributed by atoms with van der Waals surface area (Å²) in [6.45, 7) is 3.06. The number of nitrogens with zero attached hydrogens (tertiary/aromatic N) is 2. The van der Waals surface area contributed by atoms with E-state index >= 15 is 0 Å². The molecule has 6 nitrogen and oxygen atoms in total. The molecular weight excluding hydrogens is 320 g/mol. The van der Waals surface area contributed by atoms with Crippen molar-refractivity contribution < 1.29 is 19.4 Å². The number of carbonyl (C=O) groups is 2. The number of likely N-dealkylation sites (tertiary alicyclic amines) is 1. The van der Waals surface area contributed by atoms with Crippen LogP contribution in [0.3, 0.4) is 0 Å². The number of rotatable bonds is 3. The van der Waals surface area contributed by atoms with Gasteiger partial charge in [0.15, 0.2) is 5.60 Å². The first kappa shape index (κ1) is 17.5. The number of aliphatic hydroxyl groups is 1. The van der Waals surface area contributed by atoms with Gasteiger partial charge in [0.25, 0.3) is 5.91 Å². The Morgan fingerprint density at radius 2 is 2.08 bits per heavy atom. The number of ether oxygens (including phenoxy) is 1. The molecule has 1 unspecified atom stereocenters. The summed E-state index contributed by atoms with van der Waals surface area (Å²) in [4.78, 5) is 27.7. The maximum absolute atomic E-state index is 12.9. The summed E-state index contributed by atoms with van der Waals surface area (Å²) >= 11 is 0. The van der Waals surface area contributed by atoms with E-state index in [-0.39, 0.29) is 18.4 Å². The molecule has 0 aromatic heterocycles. The molecule has 1 saturated heterocycles. The highest BCUT2D eigenvalue weighted by molar-refractivity contribution is 5.89. The molecular formula is C19H24N2O4.